The van der Waals surface area contributed by atoms with Crippen molar-refractivity contribution in [1.82, 2.24) is 4.98 Å². The Kier molecular flexibility index (Phi) is 4.73. The van der Waals surface area contributed by atoms with E-state index in [0.29, 0.717) is 18.1 Å². The van der Waals surface area contributed by atoms with Crippen LogP contribution in [0.25, 0.3) is 0 Å². The molecule has 0 bridgehead atoms. The minimum absolute atomic E-state index is 0.259. The van der Waals surface area contributed by atoms with Crippen LogP contribution in [0.4, 0.5) is 0 Å². The summed E-state index contributed by atoms with van der Waals surface area (Å²) in [4.78, 5) is 15.7. The molecule has 0 saturated heterocycles. The van der Waals surface area contributed by atoms with Crippen LogP contribution < -0.4 is 0 Å². The van der Waals surface area contributed by atoms with E-state index in [4.69, 9.17) is 4.74 Å². The summed E-state index contributed by atoms with van der Waals surface area (Å²) in [6, 6.07) is 3.49. The third kappa shape index (κ3) is 3.56. The maximum atomic E-state index is 11.8. The number of rotatable bonds is 4. The molecule has 1 saturated carbocycles. The van der Waals surface area contributed by atoms with Crippen molar-refractivity contribution in [3.05, 3.63) is 30.1 Å². The van der Waals surface area contributed by atoms with Crippen LogP contribution in [0, 0.1) is 11.8 Å². The standard InChI is InChI=1S/C15H21NO2/c1-12(13-6-3-2-4-7-13)11-18-15(17)14-8-5-9-16-10-14/h5,8-10,12-13H,2-4,6-7,11H2,1H3. The Labute approximate surface area is 109 Å². The molecule has 1 heterocycles. The molecular formula is C15H21NO2. The van der Waals surface area contributed by atoms with Gasteiger partial charge in [0.25, 0.3) is 0 Å². The minimum Gasteiger partial charge on any atom is -0.462 e. The fraction of sp³-hybridized carbons (Fsp3) is 0.600. The summed E-state index contributed by atoms with van der Waals surface area (Å²) in [7, 11) is 0. The maximum Gasteiger partial charge on any atom is 0.339 e. The van der Waals surface area contributed by atoms with Gasteiger partial charge in [0, 0.05) is 12.4 Å². The second kappa shape index (κ2) is 6.53. The monoisotopic (exact) mass is 247 g/mol. The highest BCUT2D eigenvalue weighted by atomic mass is 16.5. The summed E-state index contributed by atoms with van der Waals surface area (Å²) in [6.07, 6.45) is 9.78. The fourth-order valence-electron chi connectivity index (χ4n) is 2.61. The van der Waals surface area contributed by atoms with Gasteiger partial charge in [0.05, 0.1) is 12.2 Å². The quantitative estimate of drug-likeness (QED) is 0.765. The summed E-state index contributed by atoms with van der Waals surface area (Å²) in [5.41, 5.74) is 0.536. The number of hydrogen-bond acceptors (Lipinski definition) is 3. The second-order valence-electron chi connectivity index (χ2n) is 5.22. The van der Waals surface area contributed by atoms with Gasteiger partial charge in [-0.3, -0.25) is 4.98 Å². The summed E-state index contributed by atoms with van der Waals surface area (Å²) in [5.74, 6) is 0.928. The molecule has 1 fully saturated rings. The summed E-state index contributed by atoms with van der Waals surface area (Å²) in [6.45, 7) is 2.71. The predicted octanol–water partition coefficient (Wildman–Crippen LogP) is 3.45. The molecule has 1 atom stereocenters. The van der Waals surface area contributed by atoms with Gasteiger partial charge in [-0.15, -0.1) is 0 Å². The van der Waals surface area contributed by atoms with E-state index in [2.05, 4.69) is 11.9 Å². The van der Waals surface area contributed by atoms with Gasteiger partial charge in [0.1, 0.15) is 0 Å². The van der Waals surface area contributed by atoms with Crippen LogP contribution in [0.1, 0.15) is 49.4 Å². The predicted molar refractivity (Wildman–Crippen MR) is 70.3 cm³/mol. The number of pyridine rings is 1. The average Bonchev–Trinajstić information content (AvgIpc) is 2.46. The fourth-order valence-corrected chi connectivity index (χ4v) is 2.61. The van der Waals surface area contributed by atoms with Gasteiger partial charge in [0.15, 0.2) is 0 Å². The minimum atomic E-state index is -0.259. The molecule has 1 aliphatic rings. The van der Waals surface area contributed by atoms with Crippen LogP contribution in [0.5, 0.6) is 0 Å². The van der Waals surface area contributed by atoms with E-state index in [9.17, 15) is 4.79 Å². The van der Waals surface area contributed by atoms with Crippen molar-refractivity contribution in [3.8, 4) is 0 Å². The highest BCUT2D eigenvalue weighted by Gasteiger charge is 2.21. The van der Waals surface area contributed by atoms with Crippen molar-refractivity contribution in [2.75, 3.05) is 6.61 Å². The second-order valence-corrected chi connectivity index (χ2v) is 5.22. The van der Waals surface area contributed by atoms with Crippen molar-refractivity contribution in [2.45, 2.75) is 39.0 Å². The lowest BCUT2D eigenvalue weighted by Gasteiger charge is -2.27. The SMILES string of the molecule is CC(COC(=O)c1cccnc1)C1CCCCC1. The lowest BCUT2D eigenvalue weighted by atomic mass is 9.81. The molecule has 98 valence electrons. The normalized spacial score (nSPS) is 18.3. The molecule has 1 aromatic rings. The number of aromatic nitrogens is 1. The largest absolute Gasteiger partial charge is 0.462 e. The van der Waals surface area contributed by atoms with Crippen molar-refractivity contribution >= 4 is 5.97 Å². The lowest BCUT2D eigenvalue weighted by Crippen LogP contribution is -2.21. The molecule has 18 heavy (non-hydrogen) atoms. The molecule has 0 aliphatic heterocycles. The van der Waals surface area contributed by atoms with Crippen LogP contribution in [-0.2, 0) is 4.74 Å². The highest BCUT2D eigenvalue weighted by Crippen LogP contribution is 2.29. The lowest BCUT2D eigenvalue weighted by molar-refractivity contribution is 0.0386. The Hall–Kier alpha value is -1.38. The molecule has 0 radical (unpaired) electrons. The first kappa shape index (κ1) is 13.1. The first-order chi connectivity index (χ1) is 8.77. The van der Waals surface area contributed by atoms with E-state index in [-0.39, 0.29) is 5.97 Å². The molecule has 0 aromatic carbocycles. The van der Waals surface area contributed by atoms with Crippen LogP contribution in [0.15, 0.2) is 24.5 Å². The zero-order valence-corrected chi connectivity index (χ0v) is 11.0. The molecule has 2 rings (SSSR count). The third-order valence-electron chi connectivity index (χ3n) is 3.83. The molecular weight excluding hydrogens is 226 g/mol. The van der Waals surface area contributed by atoms with Gasteiger partial charge >= 0.3 is 5.97 Å². The van der Waals surface area contributed by atoms with Crippen molar-refractivity contribution < 1.29 is 9.53 Å². The number of nitrogens with zero attached hydrogens (tertiary/aromatic N) is 1. The molecule has 1 aliphatic carbocycles. The van der Waals surface area contributed by atoms with Gasteiger partial charge in [-0.1, -0.05) is 39.0 Å². The zero-order valence-electron chi connectivity index (χ0n) is 11.0. The molecule has 1 aromatic heterocycles. The Morgan fingerprint density at radius 1 is 1.44 bits per heavy atom. The topological polar surface area (TPSA) is 39.2 Å². The van der Waals surface area contributed by atoms with Gasteiger partial charge in [-0.25, -0.2) is 4.79 Å². The average molecular weight is 247 g/mol. The number of esters is 1. The number of hydrogen-bond donors (Lipinski definition) is 0. The van der Waals surface area contributed by atoms with E-state index in [1.165, 1.54) is 32.1 Å². The Balaban J connectivity index is 1.78. The van der Waals surface area contributed by atoms with E-state index in [1.54, 1.807) is 24.5 Å². The highest BCUT2D eigenvalue weighted by molar-refractivity contribution is 5.88. The molecule has 3 heteroatoms. The smallest absolute Gasteiger partial charge is 0.339 e. The number of ether oxygens (including phenoxy) is 1. The van der Waals surface area contributed by atoms with Crippen molar-refractivity contribution in [1.29, 1.82) is 0 Å². The van der Waals surface area contributed by atoms with E-state index < -0.39 is 0 Å². The Bertz CT molecular complexity index is 371. The van der Waals surface area contributed by atoms with E-state index >= 15 is 0 Å². The van der Waals surface area contributed by atoms with Crippen LogP contribution in [-0.4, -0.2) is 17.6 Å². The molecule has 0 N–H and O–H groups in total. The number of carbonyl (C=O) groups is 1. The first-order valence-electron chi connectivity index (χ1n) is 6.84. The van der Waals surface area contributed by atoms with E-state index in [1.807, 2.05) is 0 Å². The van der Waals surface area contributed by atoms with Crippen LogP contribution in [0.2, 0.25) is 0 Å². The van der Waals surface area contributed by atoms with Crippen LogP contribution in [0.3, 0.4) is 0 Å². The summed E-state index contributed by atoms with van der Waals surface area (Å²) in [5, 5.41) is 0. The van der Waals surface area contributed by atoms with Gasteiger partial charge in [-0.2, -0.15) is 0 Å². The summed E-state index contributed by atoms with van der Waals surface area (Å²) < 4.78 is 5.36. The molecule has 1 unspecified atom stereocenters. The molecule has 0 amide bonds. The first-order valence-corrected chi connectivity index (χ1v) is 6.84. The Morgan fingerprint density at radius 3 is 2.89 bits per heavy atom. The zero-order chi connectivity index (χ0) is 12.8. The van der Waals surface area contributed by atoms with Crippen LogP contribution >= 0.6 is 0 Å². The summed E-state index contributed by atoms with van der Waals surface area (Å²) >= 11 is 0. The molecule has 0 spiro atoms. The maximum absolute atomic E-state index is 11.8. The number of carbonyl (C=O) groups excluding carboxylic acids is 1. The molecule has 3 nitrogen and oxygen atoms in total. The third-order valence-corrected chi connectivity index (χ3v) is 3.83. The Morgan fingerprint density at radius 2 is 2.22 bits per heavy atom. The van der Waals surface area contributed by atoms with Crippen molar-refractivity contribution in [3.63, 3.8) is 0 Å². The van der Waals surface area contributed by atoms with E-state index in [0.717, 1.165) is 5.92 Å². The van der Waals surface area contributed by atoms with Gasteiger partial charge < -0.3 is 4.74 Å². The van der Waals surface area contributed by atoms with Gasteiger partial charge in [-0.05, 0) is 24.0 Å². The van der Waals surface area contributed by atoms with Crippen molar-refractivity contribution in [2.24, 2.45) is 11.8 Å². The van der Waals surface area contributed by atoms with Gasteiger partial charge in [0.2, 0.25) is 0 Å².